The number of hydrogen-bond donors (Lipinski definition) is 0. The maximum absolute atomic E-state index is 12.7. The average Bonchev–Trinajstić information content (AvgIpc) is 2.80. The van der Waals surface area contributed by atoms with Crippen LogP contribution in [-0.4, -0.2) is 59.9 Å². The van der Waals surface area contributed by atoms with Gasteiger partial charge in [-0.05, 0) is 25.3 Å². The van der Waals surface area contributed by atoms with Crippen LogP contribution >= 0.6 is 0 Å². The lowest BCUT2D eigenvalue weighted by Gasteiger charge is -2.23. The number of nitrogens with zero attached hydrogens (tertiary/aromatic N) is 3. The van der Waals surface area contributed by atoms with E-state index in [-0.39, 0.29) is 18.0 Å². The Kier molecular flexibility index (Phi) is 5.68. The monoisotopic (exact) mass is 345 g/mol. The van der Waals surface area contributed by atoms with E-state index < -0.39 is 11.9 Å². The molecule has 2 atom stereocenters. The molecular weight excluding hydrogens is 323 g/mol. The minimum absolute atomic E-state index is 0.110. The minimum Gasteiger partial charge on any atom is -0.380 e. The quantitative estimate of drug-likeness (QED) is 0.838. The standard InChI is InChI=1S/C16H22F3N3O2/c17-16(18,19)14-4-5-20-15(21-14)10-12-2-3-13(24-12)11-22-6-1-8-23-9-7-22/h4-5,12-13H,1-3,6-11H2/t12-,13+/m0/s1. The topological polar surface area (TPSA) is 47.5 Å². The van der Waals surface area contributed by atoms with Crippen LogP contribution in [-0.2, 0) is 22.1 Å². The third kappa shape index (κ3) is 4.87. The van der Waals surface area contributed by atoms with Gasteiger partial charge in [0, 0.05) is 38.9 Å². The van der Waals surface area contributed by atoms with Crippen LogP contribution in [0.1, 0.15) is 30.8 Å². The van der Waals surface area contributed by atoms with Crippen molar-refractivity contribution < 1.29 is 22.6 Å². The second-order valence-electron chi connectivity index (χ2n) is 6.28. The summed E-state index contributed by atoms with van der Waals surface area (Å²) in [6, 6.07) is 0.892. The lowest BCUT2D eigenvalue weighted by atomic mass is 10.1. The summed E-state index contributed by atoms with van der Waals surface area (Å²) < 4.78 is 49.5. The summed E-state index contributed by atoms with van der Waals surface area (Å²) in [5.41, 5.74) is -0.897. The summed E-state index contributed by atoms with van der Waals surface area (Å²) in [6.07, 6.45) is -0.172. The van der Waals surface area contributed by atoms with Gasteiger partial charge in [0.25, 0.3) is 0 Å². The Labute approximate surface area is 139 Å². The first kappa shape index (κ1) is 17.6. The second kappa shape index (κ2) is 7.76. The third-order valence-electron chi connectivity index (χ3n) is 4.38. The van der Waals surface area contributed by atoms with Crippen molar-refractivity contribution >= 4 is 0 Å². The highest BCUT2D eigenvalue weighted by atomic mass is 19.4. The molecule has 0 spiro atoms. The fourth-order valence-corrected chi connectivity index (χ4v) is 3.19. The summed E-state index contributed by atoms with van der Waals surface area (Å²) in [4.78, 5) is 9.90. The third-order valence-corrected chi connectivity index (χ3v) is 4.38. The highest BCUT2D eigenvalue weighted by molar-refractivity contribution is 5.07. The first-order valence-corrected chi connectivity index (χ1v) is 8.35. The van der Waals surface area contributed by atoms with Crippen molar-refractivity contribution in [2.45, 2.75) is 44.1 Å². The Balaban J connectivity index is 1.51. The molecule has 24 heavy (non-hydrogen) atoms. The SMILES string of the molecule is FC(F)(F)c1ccnc(C[C@@H]2CC[C@H](CN3CCCOCC3)O2)n1. The molecule has 0 bridgehead atoms. The lowest BCUT2D eigenvalue weighted by Crippen LogP contribution is -2.34. The molecule has 0 N–H and O–H groups in total. The van der Waals surface area contributed by atoms with Crippen molar-refractivity contribution in [1.82, 2.24) is 14.9 Å². The Bertz CT molecular complexity index is 534. The predicted octanol–water partition coefficient (Wildman–Crippen LogP) is 2.31. The zero-order valence-electron chi connectivity index (χ0n) is 13.5. The van der Waals surface area contributed by atoms with Gasteiger partial charge in [0.15, 0.2) is 0 Å². The van der Waals surface area contributed by atoms with Crippen LogP contribution in [0.3, 0.4) is 0 Å². The van der Waals surface area contributed by atoms with Gasteiger partial charge in [-0.2, -0.15) is 13.2 Å². The van der Waals surface area contributed by atoms with Crippen molar-refractivity contribution in [1.29, 1.82) is 0 Å². The molecule has 8 heteroatoms. The number of halogens is 3. The summed E-state index contributed by atoms with van der Waals surface area (Å²) >= 11 is 0. The van der Waals surface area contributed by atoms with E-state index in [0.29, 0.717) is 6.42 Å². The summed E-state index contributed by atoms with van der Waals surface area (Å²) in [6.45, 7) is 4.30. The number of hydrogen-bond acceptors (Lipinski definition) is 5. The molecule has 0 saturated carbocycles. The van der Waals surface area contributed by atoms with Crippen LogP contribution in [0.4, 0.5) is 13.2 Å². The van der Waals surface area contributed by atoms with Gasteiger partial charge in [0.2, 0.25) is 0 Å². The molecule has 0 radical (unpaired) electrons. The van der Waals surface area contributed by atoms with E-state index >= 15 is 0 Å². The molecule has 5 nitrogen and oxygen atoms in total. The van der Waals surface area contributed by atoms with Crippen LogP contribution < -0.4 is 0 Å². The number of alkyl halides is 3. The van der Waals surface area contributed by atoms with E-state index in [1.807, 2.05) is 0 Å². The summed E-state index contributed by atoms with van der Waals surface area (Å²) in [5.74, 6) is 0.193. The maximum Gasteiger partial charge on any atom is 0.433 e. The first-order chi connectivity index (χ1) is 11.5. The van der Waals surface area contributed by atoms with Gasteiger partial charge in [0.1, 0.15) is 11.5 Å². The van der Waals surface area contributed by atoms with Crippen molar-refractivity contribution in [3.8, 4) is 0 Å². The van der Waals surface area contributed by atoms with E-state index in [2.05, 4.69) is 14.9 Å². The molecule has 2 aliphatic rings. The first-order valence-electron chi connectivity index (χ1n) is 8.35. The van der Waals surface area contributed by atoms with Gasteiger partial charge >= 0.3 is 6.18 Å². The second-order valence-corrected chi connectivity index (χ2v) is 6.28. The molecule has 1 aromatic heterocycles. The Hall–Kier alpha value is -1.25. The molecule has 3 heterocycles. The maximum atomic E-state index is 12.7. The molecule has 0 amide bonds. The predicted molar refractivity (Wildman–Crippen MR) is 80.5 cm³/mol. The molecule has 134 valence electrons. The fourth-order valence-electron chi connectivity index (χ4n) is 3.19. The number of aromatic nitrogens is 2. The average molecular weight is 345 g/mol. The smallest absolute Gasteiger partial charge is 0.380 e. The fraction of sp³-hybridized carbons (Fsp3) is 0.750. The van der Waals surface area contributed by atoms with Crippen LogP contribution in [0, 0.1) is 0 Å². The molecule has 1 aromatic rings. The molecular formula is C16H22F3N3O2. The van der Waals surface area contributed by atoms with Crippen LogP contribution in [0.25, 0.3) is 0 Å². The molecule has 0 aliphatic carbocycles. The van der Waals surface area contributed by atoms with Crippen LogP contribution in [0.15, 0.2) is 12.3 Å². The molecule has 0 unspecified atom stereocenters. The van der Waals surface area contributed by atoms with Crippen molar-refractivity contribution in [3.63, 3.8) is 0 Å². The van der Waals surface area contributed by atoms with Crippen molar-refractivity contribution in [3.05, 3.63) is 23.8 Å². The molecule has 3 rings (SSSR count). The lowest BCUT2D eigenvalue weighted by molar-refractivity contribution is -0.141. The zero-order chi connectivity index (χ0) is 17.0. The summed E-state index contributed by atoms with van der Waals surface area (Å²) in [5, 5.41) is 0. The number of rotatable bonds is 4. The van der Waals surface area contributed by atoms with E-state index in [9.17, 15) is 13.2 Å². The Morgan fingerprint density at radius 1 is 1.17 bits per heavy atom. The molecule has 2 saturated heterocycles. The van der Waals surface area contributed by atoms with Gasteiger partial charge in [0.05, 0.1) is 18.8 Å². The zero-order valence-corrected chi connectivity index (χ0v) is 13.5. The van der Waals surface area contributed by atoms with Gasteiger partial charge in [-0.3, -0.25) is 4.90 Å². The van der Waals surface area contributed by atoms with Gasteiger partial charge in [-0.1, -0.05) is 0 Å². The van der Waals surface area contributed by atoms with E-state index in [1.54, 1.807) is 0 Å². The summed E-state index contributed by atoms with van der Waals surface area (Å²) in [7, 11) is 0. The van der Waals surface area contributed by atoms with Crippen LogP contribution in [0.5, 0.6) is 0 Å². The minimum atomic E-state index is -4.44. The van der Waals surface area contributed by atoms with E-state index in [4.69, 9.17) is 9.47 Å². The largest absolute Gasteiger partial charge is 0.433 e. The molecule has 2 aliphatic heterocycles. The normalized spacial score (nSPS) is 26.5. The van der Waals surface area contributed by atoms with Crippen molar-refractivity contribution in [2.75, 3.05) is 32.8 Å². The van der Waals surface area contributed by atoms with Gasteiger partial charge < -0.3 is 9.47 Å². The van der Waals surface area contributed by atoms with Gasteiger partial charge in [-0.25, -0.2) is 9.97 Å². The van der Waals surface area contributed by atoms with Crippen LogP contribution in [0.2, 0.25) is 0 Å². The van der Waals surface area contributed by atoms with E-state index in [1.165, 1.54) is 0 Å². The van der Waals surface area contributed by atoms with Crippen molar-refractivity contribution in [2.24, 2.45) is 0 Å². The molecule has 2 fully saturated rings. The van der Waals surface area contributed by atoms with Gasteiger partial charge in [-0.15, -0.1) is 0 Å². The Morgan fingerprint density at radius 3 is 2.83 bits per heavy atom. The highest BCUT2D eigenvalue weighted by Gasteiger charge is 2.33. The molecule has 0 aromatic carbocycles. The Morgan fingerprint density at radius 2 is 2.00 bits per heavy atom. The highest BCUT2D eigenvalue weighted by Crippen LogP contribution is 2.28. The number of ether oxygens (including phenoxy) is 2. The van der Waals surface area contributed by atoms with E-state index in [0.717, 1.165) is 64.4 Å².